The van der Waals surface area contributed by atoms with Crippen molar-refractivity contribution in [2.75, 3.05) is 7.11 Å². The number of halogens is 2. The summed E-state index contributed by atoms with van der Waals surface area (Å²) in [6, 6.07) is 5.17. The van der Waals surface area contributed by atoms with E-state index < -0.39 is 0 Å². The Morgan fingerprint density at radius 1 is 1.54 bits per heavy atom. The van der Waals surface area contributed by atoms with Gasteiger partial charge in [-0.2, -0.15) is 0 Å². The molecule has 0 bridgehead atoms. The van der Waals surface area contributed by atoms with Crippen LogP contribution in [0.1, 0.15) is 17.9 Å². The third-order valence-electron chi connectivity index (χ3n) is 2.32. The molecule has 2 rings (SSSR count). The summed E-state index contributed by atoms with van der Waals surface area (Å²) >= 11 is 3.49. The third kappa shape index (κ3) is 1.70. The van der Waals surface area contributed by atoms with Crippen molar-refractivity contribution in [1.29, 1.82) is 0 Å². The molecule has 2 atom stereocenters. The van der Waals surface area contributed by atoms with Gasteiger partial charge in [0.25, 0.3) is 0 Å². The summed E-state index contributed by atoms with van der Waals surface area (Å²) in [5.41, 5.74) is 1.06. The van der Waals surface area contributed by atoms with Crippen molar-refractivity contribution in [2.24, 2.45) is 0 Å². The molecule has 1 fully saturated rings. The van der Waals surface area contributed by atoms with E-state index in [1.165, 1.54) is 7.11 Å². The van der Waals surface area contributed by atoms with Crippen molar-refractivity contribution >= 4 is 15.9 Å². The van der Waals surface area contributed by atoms with E-state index in [-0.39, 0.29) is 5.82 Å². The first kappa shape index (κ1) is 9.00. The van der Waals surface area contributed by atoms with Gasteiger partial charge in [-0.3, -0.25) is 0 Å². The van der Waals surface area contributed by atoms with Crippen molar-refractivity contribution < 1.29 is 9.13 Å². The summed E-state index contributed by atoms with van der Waals surface area (Å²) in [7, 11) is 1.47. The molecule has 1 saturated carbocycles. The second kappa shape index (κ2) is 3.29. The van der Waals surface area contributed by atoms with Gasteiger partial charge in [-0.1, -0.05) is 22.0 Å². The molecule has 3 heteroatoms. The van der Waals surface area contributed by atoms with Crippen molar-refractivity contribution in [3.05, 3.63) is 29.6 Å². The third-order valence-corrected chi connectivity index (χ3v) is 3.33. The maximum absolute atomic E-state index is 13.2. The number of alkyl halides is 1. The number of ether oxygens (including phenoxy) is 1. The number of methoxy groups -OCH3 is 1. The maximum Gasteiger partial charge on any atom is 0.165 e. The summed E-state index contributed by atoms with van der Waals surface area (Å²) in [6.07, 6.45) is 1.10. The maximum atomic E-state index is 13.2. The molecule has 1 aliphatic rings. The van der Waals surface area contributed by atoms with Crippen molar-refractivity contribution in [2.45, 2.75) is 17.2 Å². The van der Waals surface area contributed by atoms with Gasteiger partial charge in [0.1, 0.15) is 0 Å². The smallest absolute Gasteiger partial charge is 0.165 e. The van der Waals surface area contributed by atoms with Crippen LogP contribution in [0.5, 0.6) is 5.75 Å². The molecule has 0 N–H and O–H groups in total. The van der Waals surface area contributed by atoms with Crippen LogP contribution in [0.4, 0.5) is 4.39 Å². The minimum absolute atomic E-state index is 0.272. The topological polar surface area (TPSA) is 9.23 Å². The van der Waals surface area contributed by atoms with Gasteiger partial charge in [-0.05, 0) is 30.0 Å². The molecule has 70 valence electrons. The predicted octanol–water partition coefficient (Wildman–Crippen LogP) is 3.09. The minimum atomic E-state index is -0.272. The van der Waals surface area contributed by atoms with Crippen LogP contribution in [0.15, 0.2) is 18.2 Å². The van der Waals surface area contributed by atoms with Crippen LogP contribution in [0.25, 0.3) is 0 Å². The second-order valence-corrected chi connectivity index (χ2v) is 4.43. The van der Waals surface area contributed by atoms with Crippen LogP contribution in [0, 0.1) is 5.82 Å². The van der Waals surface area contributed by atoms with Crippen LogP contribution in [-0.4, -0.2) is 11.9 Å². The molecule has 2 unspecified atom stereocenters. The van der Waals surface area contributed by atoms with E-state index in [9.17, 15) is 4.39 Å². The van der Waals surface area contributed by atoms with E-state index >= 15 is 0 Å². The Labute approximate surface area is 85.0 Å². The summed E-state index contributed by atoms with van der Waals surface area (Å²) in [5, 5.41) is 0. The van der Waals surface area contributed by atoms with Crippen LogP contribution < -0.4 is 4.74 Å². The molecule has 1 aliphatic carbocycles. The molecule has 1 nitrogen and oxygen atoms in total. The number of rotatable bonds is 2. The molecule has 0 amide bonds. The fraction of sp³-hybridized carbons (Fsp3) is 0.400. The van der Waals surface area contributed by atoms with Gasteiger partial charge in [-0.15, -0.1) is 0 Å². The van der Waals surface area contributed by atoms with Gasteiger partial charge in [0.05, 0.1) is 7.11 Å². The van der Waals surface area contributed by atoms with Gasteiger partial charge >= 0.3 is 0 Å². The normalized spacial score (nSPS) is 25.8. The Bertz CT molecular complexity index is 327. The number of hydrogen-bond acceptors (Lipinski definition) is 1. The lowest BCUT2D eigenvalue weighted by Gasteiger charge is -2.03. The molecule has 1 aromatic carbocycles. The summed E-state index contributed by atoms with van der Waals surface area (Å²) in [6.45, 7) is 0. The fourth-order valence-corrected chi connectivity index (χ4v) is 2.13. The van der Waals surface area contributed by atoms with Crippen molar-refractivity contribution in [1.82, 2.24) is 0 Å². The lowest BCUT2D eigenvalue weighted by molar-refractivity contribution is 0.386. The highest BCUT2D eigenvalue weighted by Gasteiger charge is 2.36. The van der Waals surface area contributed by atoms with E-state index in [4.69, 9.17) is 4.74 Å². The zero-order valence-corrected chi connectivity index (χ0v) is 8.84. The zero-order valence-electron chi connectivity index (χ0n) is 7.26. The van der Waals surface area contributed by atoms with Crippen LogP contribution in [0.2, 0.25) is 0 Å². The molecular weight excluding hydrogens is 235 g/mol. The largest absolute Gasteiger partial charge is 0.494 e. The molecule has 0 aliphatic heterocycles. The standard InChI is InChI=1S/C10H10BrFO/c1-13-10-3-2-6(4-9(10)12)7-5-8(7)11/h2-4,7-8H,5H2,1H3. The Hall–Kier alpha value is -0.570. The van der Waals surface area contributed by atoms with Crippen LogP contribution >= 0.6 is 15.9 Å². The fourth-order valence-electron chi connectivity index (χ4n) is 1.42. The molecular formula is C10H10BrFO. The SMILES string of the molecule is COc1ccc(C2CC2Br)cc1F. The molecule has 1 aromatic rings. The molecule has 13 heavy (non-hydrogen) atoms. The summed E-state index contributed by atoms with van der Waals surface area (Å²) in [5.74, 6) is 0.530. The van der Waals surface area contributed by atoms with E-state index in [2.05, 4.69) is 15.9 Å². The Morgan fingerprint density at radius 3 is 2.69 bits per heavy atom. The molecule has 0 saturated heterocycles. The van der Waals surface area contributed by atoms with Gasteiger partial charge in [0, 0.05) is 4.83 Å². The van der Waals surface area contributed by atoms with E-state index in [0.29, 0.717) is 16.5 Å². The molecule has 0 heterocycles. The molecule has 0 aromatic heterocycles. The highest BCUT2D eigenvalue weighted by molar-refractivity contribution is 9.09. The van der Waals surface area contributed by atoms with Gasteiger partial charge in [-0.25, -0.2) is 4.39 Å². The molecule has 0 radical (unpaired) electrons. The Kier molecular flexibility index (Phi) is 2.28. The number of benzene rings is 1. The quantitative estimate of drug-likeness (QED) is 0.727. The van der Waals surface area contributed by atoms with Gasteiger partial charge in [0.2, 0.25) is 0 Å². The van der Waals surface area contributed by atoms with Crippen LogP contribution in [-0.2, 0) is 0 Å². The lowest BCUT2D eigenvalue weighted by atomic mass is 10.1. The van der Waals surface area contributed by atoms with Gasteiger partial charge < -0.3 is 4.74 Å². The highest BCUT2D eigenvalue weighted by atomic mass is 79.9. The zero-order chi connectivity index (χ0) is 9.42. The van der Waals surface area contributed by atoms with Gasteiger partial charge in [0.15, 0.2) is 11.6 Å². The lowest BCUT2D eigenvalue weighted by Crippen LogP contribution is -1.90. The van der Waals surface area contributed by atoms with E-state index in [0.717, 1.165) is 12.0 Å². The van der Waals surface area contributed by atoms with Crippen LogP contribution in [0.3, 0.4) is 0 Å². The monoisotopic (exact) mass is 244 g/mol. The summed E-state index contributed by atoms with van der Waals surface area (Å²) in [4.78, 5) is 0.528. The average Bonchev–Trinajstić information content (AvgIpc) is 2.82. The number of hydrogen-bond donors (Lipinski definition) is 0. The first-order valence-corrected chi connectivity index (χ1v) is 5.11. The first-order valence-electron chi connectivity index (χ1n) is 4.20. The highest BCUT2D eigenvalue weighted by Crippen LogP contribution is 2.46. The van der Waals surface area contributed by atoms with Crippen molar-refractivity contribution in [3.8, 4) is 5.75 Å². The average molecular weight is 245 g/mol. The molecule has 0 spiro atoms. The Balaban J connectivity index is 2.25. The second-order valence-electron chi connectivity index (χ2n) is 3.25. The van der Waals surface area contributed by atoms with E-state index in [1.807, 2.05) is 6.07 Å². The summed E-state index contributed by atoms with van der Waals surface area (Å²) < 4.78 is 18.1. The van der Waals surface area contributed by atoms with E-state index in [1.54, 1.807) is 12.1 Å². The minimum Gasteiger partial charge on any atom is -0.494 e. The first-order chi connectivity index (χ1) is 6.22. The van der Waals surface area contributed by atoms with Crippen molar-refractivity contribution in [3.63, 3.8) is 0 Å². The predicted molar refractivity (Wildman–Crippen MR) is 53.0 cm³/mol. The Morgan fingerprint density at radius 2 is 2.23 bits per heavy atom.